The highest BCUT2D eigenvalue weighted by atomic mass is 16.5. The number of aromatic nitrogens is 1. The normalized spacial score (nSPS) is 10.3. The van der Waals surface area contributed by atoms with Crippen LogP contribution in [0.1, 0.15) is 34.6 Å². The van der Waals surface area contributed by atoms with E-state index in [9.17, 15) is 4.79 Å². The van der Waals surface area contributed by atoms with Crippen molar-refractivity contribution in [3.63, 3.8) is 0 Å². The lowest BCUT2D eigenvalue weighted by molar-refractivity contribution is 0.112. The number of rotatable bonds is 6. The molecule has 0 radical (unpaired) electrons. The summed E-state index contributed by atoms with van der Waals surface area (Å²) in [4.78, 5) is 15.0. The first-order valence-electron chi connectivity index (χ1n) is 5.18. The van der Waals surface area contributed by atoms with Gasteiger partial charge >= 0.3 is 0 Å². The highest BCUT2D eigenvalue weighted by Gasteiger charge is 1.99. The standard InChI is InChI=1S/C12H17NO2/c1-10-7-11(9-14)8-12(13-10)5-3-4-6-15-2/h7-9H,3-6H2,1-2H3. The van der Waals surface area contributed by atoms with Crippen LogP contribution in [-0.4, -0.2) is 25.0 Å². The molecule has 0 spiro atoms. The Balaban J connectivity index is 2.53. The number of nitrogens with zero attached hydrogens (tertiary/aromatic N) is 1. The third-order valence-electron chi connectivity index (χ3n) is 2.20. The number of pyridine rings is 1. The number of aldehydes is 1. The van der Waals surface area contributed by atoms with Crippen LogP contribution in [0.25, 0.3) is 0 Å². The summed E-state index contributed by atoms with van der Waals surface area (Å²) in [5.41, 5.74) is 2.61. The fraction of sp³-hybridized carbons (Fsp3) is 0.500. The van der Waals surface area contributed by atoms with E-state index < -0.39 is 0 Å². The maximum atomic E-state index is 10.6. The molecule has 0 aliphatic carbocycles. The van der Waals surface area contributed by atoms with Crippen molar-refractivity contribution in [3.8, 4) is 0 Å². The Bertz CT molecular complexity index is 323. The molecule has 3 nitrogen and oxygen atoms in total. The summed E-state index contributed by atoms with van der Waals surface area (Å²) < 4.78 is 4.97. The van der Waals surface area contributed by atoms with Gasteiger partial charge in [-0.25, -0.2) is 0 Å². The molecule has 1 rings (SSSR count). The quantitative estimate of drug-likeness (QED) is 0.530. The van der Waals surface area contributed by atoms with Gasteiger partial charge in [0.05, 0.1) is 0 Å². The highest BCUT2D eigenvalue weighted by molar-refractivity contribution is 5.74. The molecule has 0 saturated carbocycles. The van der Waals surface area contributed by atoms with Gasteiger partial charge < -0.3 is 4.74 Å². The Labute approximate surface area is 90.5 Å². The van der Waals surface area contributed by atoms with E-state index in [0.717, 1.165) is 43.5 Å². The SMILES string of the molecule is COCCCCc1cc(C=O)cc(C)n1. The van der Waals surface area contributed by atoms with Gasteiger partial charge in [-0.05, 0) is 38.3 Å². The van der Waals surface area contributed by atoms with Crippen LogP contribution in [0.3, 0.4) is 0 Å². The zero-order chi connectivity index (χ0) is 11.1. The number of carbonyl (C=O) groups is 1. The predicted octanol–water partition coefficient (Wildman–Crippen LogP) is 2.17. The Morgan fingerprint density at radius 3 is 2.87 bits per heavy atom. The van der Waals surface area contributed by atoms with E-state index >= 15 is 0 Å². The highest BCUT2D eigenvalue weighted by Crippen LogP contribution is 2.07. The van der Waals surface area contributed by atoms with Crippen LogP contribution in [0.15, 0.2) is 12.1 Å². The van der Waals surface area contributed by atoms with Gasteiger partial charge in [0.15, 0.2) is 0 Å². The Hall–Kier alpha value is -1.22. The molecule has 1 aromatic rings. The van der Waals surface area contributed by atoms with Gasteiger partial charge in [-0.2, -0.15) is 0 Å². The van der Waals surface area contributed by atoms with Gasteiger partial charge in [0, 0.05) is 30.7 Å². The van der Waals surface area contributed by atoms with Gasteiger partial charge in [0.2, 0.25) is 0 Å². The van der Waals surface area contributed by atoms with Gasteiger partial charge in [-0.15, -0.1) is 0 Å². The first-order chi connectivity index (χ1) is 7.26. The van der Waals surface area contributed by atoms with Crippen molar-refractivity contribution >= 4 is 6.29 Å². The molecule has 0 fully saturated rings. The van der Waals surface area contributed by atoms with Crippen molar-refractivity contribution in [2.75, 3.05) is 13.7 Å². The van der Waals surface area contributed by atoms with E-state index in [1.54, 1.807) is 13.2 Å². The topological polar surface area (TPSA) is 39.2 Å². The Morgan fingerprint density at radius 1 is 1.40 bits per heavy atom. The molecule has 0 N–H and O–H groups in total. The zero-order valence-corrected chi connectivity index (χ0v) is 9.32. The number of unbranched alkanes of at least 4 members (excludes halogenated alkanes) is 1. The Morgan fingerprint density at radius 2 is 2.20 bits per heavy atom. The van der Waals surface area contributed by atoms with Crippen LogP contribution in [-0.2, 0) is 11.2 Å². The number of ether oxygens (including phenoxy) is 1. The molecule has 1 aromatic heterocycles. The molecule has 0 saturated heterocycles. The fourth-order valence-corrected chi connectivity index (χ4v) is 1.51. The average molecular weight is 207 g/mol. The maximum Gasteiger partial charge on any atom is 0.150 e. The van der Waals surface area contributed by atoms with E-state index in [4.69, 9.17) is 4.74 Å². The lowest BCUT2D eigenvalue weighted by atomic mass is 10.1. The minimum atomic E-state index is 0.712. The average Bonchev–Trinajstić information content (AvgIpc) is 2.23. The fourth-order valence-electron chi connectivity index (χ4n) is 1.51. The lowest BCUT2D eigenvalue weighted by Crippen LogP contribution is -1.97. The molecular formula is C12H17NO2. The smallest absolute Gasteiger partial charge is 0.150 e. The van der Waals surface area contributed by atoms with Crippen LogP contribution >= 0.6 is 0 Å². The minimum absolute atomic E-state index is 0.712. The molecule has 0 aliphatic heterocycles. The van der Waals surface area contributed by atoms with Crippen molar-refractivity contribution in [1.29, 1.82) is 0 Å². The van der Waals surface area contributed by atoms with Crippen LogP contribution in [0, 0.1) is 6.92 Å². The van der Waals surface area contributed by atoms with Crippen LogP contribution in [0.2, 0.25) is 0 Å². The van der Waals surface area contributed by atoms with Crippen LogP contribution in [0.4, 0.5) is 0 Å². The van der Waals surface area contributed by atoms with Crippen molar-refractivity contribution in [1.82, 2.24) is 4.98 Å². The van der Waals surface area contributed by atoms with E-state index in [1.807, 2.05) is 13.0 Å². The first kappa shape index (κ1) is 11.9. The molecule has 0 aliphatic rings. The summed E-state index contributed by atoms with van der Waals surface area (Å²) in [5.74, 6) is 0. The summed E-state index contributed by atoms with van der Waals surface area (Å²) in [7, 11) is 1.70. The monoisotopic (exact) mass is 207 g/mol. The van der Waals surface area contributed by atoms with Gasteiger partial charge in [-0.1, -0.05) is 0 Å². The molecule has 82 valence electrons. The number of carbonyl (C=O) groups excluding carboxylic acids is 1. The van der Waals surface area contributed by atoms with Crippen molar-refractivity contribution in [2.24, 2.45) is 0 Å². The summed E-state index contributed by atoms with van der Waals surface area (Å²) in [5, 5.41) is 0. The summed E-state index contributed by atoms with van der Waals surface area (Å²) in [6.45, 7) is 2.69. The lowest BCUT2D eigenvalue weighted by Gasteiger charge is -2.03. The first-order valence-corrected chi connectivity index (χ1v) is 5.18. The minimum Gasteiger partial charge on any atom is -0.385 e. The summed E-state index contributed by atoms with van der Waals surface area (Å²) in [6.07, 6.45) is 3.85. The van der Waals surface area contributed by atoms with Gasteiger partial charge in [0.25, 0.3) is 0 Å². The van der Waals surface area contributed by atoms with Gasteiger partial charge in [-0.3, -0.25) is 9.78 Å². The van der Waals surface area contributed by atoms with E-state index in [1.165, 1.54) is 0 Å². The molecule has 1 heterocycles. The van der Waals surface area contributed by atoms with Crippen molar-refractivity contribution in [3.05, 3.63) is 29.1 Å². The second-order valence-electron chi connectivity index (χ2n) is 3.60. The molecule has 0 amide bonds. The maximum absolute atomic E-state index is 10.6. The molecule has 0 aromatic carbocycles. The third kappa shape index (κ3) is 4.21. The second-order valence-corrected chi connectivity index (χ2v) is 3.60. The third-order valence-corrected chi connectivity index (χ3v) is 2.20. The molecule has 0 atom stereocenters. The summed E-state index contributed by atoms with van der Waals surface area (Å²) >= 11 is 0. The van der Waals surface area contributed by atoms with E-state index in [2.05, 4.69) is 4.98 Å². The number of hydrogen-bond donors (Lipinski definition) is 0. The van der Waals surface area contributed by atoms with Gasteiger partial charge in [0.1, 0.15) is 6.29 Å². The van der Waals surface area contributed by atoms with Crippen LogP contribution < -0.4 is 0 Å². The van der Waals surface area contributed by atoms with E-state index in [-0.39, 0.29) is 0 Å². The molecule has 15 heavy (non-hydrogen) atoms. The second kappa shape index (κ2) is 6.30. The summed E-state index contributed by atoms with van der Waals surface area (Å²) in [6, 6.07) is 3.65. The number of aryl methyl sites for hydroxylation is 2. The van der Waals surface area contributed by atoms with Crippen molar-refractivity contribution in [2.45, 2.75) is 26.2 Å². The Kier molecular flexibility index (Phi) is 4.98. The molecular weight excluding hydrogens is 190 g/mol. The molecule has 0 bridgehead atoms. The largest absolute Gasteiger partial charge is 0.385 e. The van der Waals surface area contributed by atoms with E-state index in [0.29, 0.717) is 5.56 Å². The van der Waals surface area contributed by atoms with Crippen LogP contribution in [0.5, 0.6) is 0 Å². The number of hydrogen-bond acceptors (Lipinski definition) is 3. The zero-order valence-electron chi connectivity index (χ0n) is 9.32. The van der Waals surface area contributed by atoms with Crippen molar-refractivity contribution < 1.29 is 9.53 Å². The molecule has 0 unspecified atom stereocenters. The molecule has 3 heteroatoms. The predicted molar refractivity (Wildman–Crippen MR) is 59.2 cm³/mol. The number of methoxy groups -OCH3 is 1.